The molecule has 0 fully saturated rings. The second-order valence-electron chi connectivity index (χ2n) is 8.56. The summed E-state index contributed by atoms with van der Waals surface area (Å²) in [6.07, 6.45) is -0.965. The van der Waals surface area contributed by atoms with Crippen LogP contribution in [0.25, 0.3) is 11.1 Å². The number of benzene rings is 2. The number of esters is 1. The highest BCUT2D eigenvalue weighted by Gasteiger charge is 2.34. The first-order chi connectivity index (χ1) is 16.2. The van der Waals surface area contributed by atoms with Crippen LogP contribution >= 0.6 is 0 Å². The Kier molecular flexibility index (Phi) is 7.55. The first-order valence-electron chi connectivity index (χ1n) is 10.9. The quantitative estimate of drug-likeness (QED) is 0.381. The van der Waals surface area contributed by atoms with Gasteiger partial charge in [0.15, 0.2) is 0 Å². The molecular formula is C25H28N2O7. The number of hydrogen-bond donors (Lipinski definition) is 3. The van der Waals surface area contributed by atoms with Crippen molar-refractivity contribution in [3.05, 3.63) is 59.7 Å². The van der Waals surface area contributed by atoms with Crippen molar-refractivity contribution >= 4 is 23.9 Å². The third kappa shape index (κ3) is 5.36. The molecule has 180 valence electrons. The number of ether oxygens (including phenoxy) is 2. The molecule has 34 heavy (non-hydrogen) atoms. The maximum Gasteiger partial charge on any atom is 0.408 e. The molecule has 0 heterocycles. The van der Waals surface area contributed by atoms with Gasteiger partial charge in [0.1, 0.15) is 6.61 Å². The zero-order chi connectivity index (χ0) is 24.9. The summed E-state index contributed by atoms with van der Waals surface area (Å²) >= 11 is 0. The minimum atomic E-state index is -1.68. The van der Waals surface area contributed by atoms with E-state index in [9.17, 15) is 24.3 Å². The summed E-state index contributed by atoms with van der Waals surface area (Å²) in [6, 6.07) is 14.0. The molecule has 1 aliphatic rings. The zero-order valence-electron chi connectivity index (χ0n) is 19.3. The first-order valence-corrected chi connectivity index (χ1v) is 10.9. The number of carboxylic acid groups (broad SMARTS) is 1. The summed E-state index contributed by atoms with van der Waals surface area (Å²) in [5.74, 6) is -3.17. The molecule has 2 aromatic rings. The predicted octanol–water partition coefficient (Wildman–Crippen LogP) is 2.68. The van der Waals surface area contributed by atoms with Crippen molar-refractivity contribution in [2.75, 3.05) is 19.8 Å². The van der Waals surface area contributed by atoms with Crippen molar-refractivity contribution in [3.63, 3.8) is 0 Å². The Morgan fingerprint density at radius 2 is 1.53 bits per heavy atom. The Balaban J connectivity index is 1.67. The van der Waals surface area contributed by atoms with Gasteiger partial charge in [-0.15, -0.1) is 0 Å². The number of fused-ring (bicyclic) bond motifs is 3. The van der Waals surface area contributed by atoms with E-state index < -0.39 is 35.4 Å². The fourth-order valence-electron chi connectivity index (χ4n) is 3.70. The van der Waals surface area contributed by atoms with Crippen molar-refractivity contribution in [2.45, 2.75) is 32.7 Å². The number of carbonyl (C=O) groups excluding carboxylic acids is 3. The molecule has 3 N–H and O–H groups in total. The van der Waals surface area contributed by atoms with Gasteiger partial charge in [-0.2, -0.15) is 0 Å². The number of amides is 2. The Morgan fingerprint density at radius 1 is 0.971 bits per heavy atom. The van der Waals surface area contributed by atoms with Gasteiger partial charge in [0, 0.05) is 12.5 Å². The van der Waals surface area contributed by atoms with E-state index >= 15 is 0 Å². The van der Waals surface area contributed by atoms with Gasteiger partial charge in [-0.05, 0) is 43.0 Å². The van der Waals surface area contributed by atoms with Crippen LogP contribution in [0.15, 0.2) is 48.5 Å². The lowest BCUT2D eigenvalue weighted by molar-refractivity contribution is -0.149. The lowest BCUT2D eigenvalue weighted by Crippen LogP contribution is -2.54. The van der Waals surface area contributed by atoms with Gasteiger partial charge in [-0.25, -0.2) is 9.59 Å². The average molecular weight is 469 g/mol. The molecule has 0 saturated heterocycles. The summed E-state index contributed by atoms with van der Waals surface area (Å²) in [6.45, 7) is 4.16. The molecule has 0 bridgehead atoms. The van der Waals surface area contributed by atoms with Crippen molar-refractivity contribution in [3.8, 4) is 11.1 Å². The van der Waals surface area contributed by atoms with Gasteiger partial charge in [0.25, 0.3) is 5.91 Å². The number of rotatable bonds is 9. The SMILES string of the molecule is CCOC(=O)C(NC(=O)OCC1c2ccccc2-c2ccccc21)C(=O)NCC(C)(C)C(=O)O. The van der Waals surface area contributed by atoms with E-state index in [4.69, 9.17) is 9.47 Å². The maximum atomic E-state index is 12.6. The van der Waals surface area contributed by atoms with Crippen molar-refractivity contribution < 1.29 is 33.8 Å². The first kappa shape index (κ1) is 24.8. The number of alkyl carbamates (subject to hydrolysis) is 1. The zero-order valence-corrected chi connectivity index (χ0v) is 19.3. The van der Waals surface area contributed by atoms with Crippen LogP contribution in [0.4, 0.5) is 4.79 Å². The van der Waals surface area contributed by atoms with Crippen LogP contribution < -0.4 is 10.6 Å². The van der Waals surface area contributed by atoms with Gasteiger partial charge in [0.05, 0.1) is 12.0 Å². The van der Waals surface area contributed by atoms with E-state index in [0.717, 1.165) is 22.3 Å². The monoisotopic (exact) mass is 468 g/mol. The second kappa shape index (κ2) is 10.4. The molecule has 9 nitrogen and oxygen atoms in total. The Morgan fingerprint density at radius 3 is 2.06 bits per heavy atom. The van der Waals surface area contributed by atoms with E-state index in [2.05, 4.69) is 10.6 Å². The van der Waals surface area contributed by atoms with E-state index in [0.29, 0.717) is 0 Å². The second-order valence-corrected chi connectivity index (χ2v) is 8.56. The molecule has 0 spiro atoms. The molecule has 9 heteroatoms. The minimum Gasteiger partial charge on any atom is -0.481 e. The van der Waals surface area contributed by atoms with Crippen LogP contribution in [-0.2, 0) is 23.9 Å². The van der Waals surface area contributed by atoms with Crippen LogP contribution in [0, 0.1) is 5.41 Å². The molecule has 0 radical (unpaired) electrons. The number of nitrogens with one attached hydrogen (secondary N) is 2. The van der Waals surface area contributed by atoms with Gasteiger partial charge in [0.2, 0.25) is 6.04 Å². The molecule has 2 aromatic carbocycles. The summed E-state index contributed by atoms with van der Waals surface area (Å²) in [5.41, 5.74) is 2.91. The highest BCUT2D eigenvalue weighted by atomic mass is 16.6. The van der Waals surface area contributed by atoms with Crippen molar-refractivity contribution in [1.82, 2.24) is 10.6 Å². The highest BCUT2D eigenvalue weighted by Crippen LogP contribution is 2.44. The topological polar surface area (TPSA) is 131 Å². The molecule has 1 atom stereocenters. The molecule has 1 unspecified atom stereocenters. The third-order valence-corrected chi connectivity index (χ3v) is 5.67. The van der Waals surface area contributed by atoms with Gasteiger partial charge in [-0.3, -0.25) is 14.9 Å². The smallest absolute Gasteiger partial charge is 0.408 e. The lowest BCUT2D eigenvalue weighted by atomic mass is 9.94. The van der Waals surface area contributed by atoms with E-state index in [1.165, 1.54) is 13.8 Å². The molecule has 0 aromatic heterocycles. The van der Waals surface area contributed by atoms with Crippen LogP contribution in [-0.4, -0.2) is 54.8 Å². The Bertz CT molecular complexity index is 1050. The summed E-state index contributed by atoms with van der Waals surface area (Å²) in [4.78, 5) is 48.7. The minimum absolute atomic E-state index is 0.00305. The molecular weight excluding hydrogens is 440 g/mol. The van der Waals surface area contributed by atoms with Crippen LogP contribution in [0.5, 0.6) is 0 Å². The largest absolute Gasteiger partial charge is 0.481 e. The molecule has 2 amide bonds. The number of aliphatic carboxylic acids is 1. The van der Waals surface area contributed by atoms with Crippen LogP contribution in [0.3, 0.4) is 0 Å². The van der Waals surface area contributed by atoms with E-state index in [-0.39, 0.29) is 25.7 Å². The van der Waals surface area contributed by atoms with Crippen LogP contribution in [0.2, 0.25) is 0 Å². The Hall–Kier alpha value is -3.88. The predicted molar refractivity (Wildman–Crippen MR) is 123 cm³/mol. The number of carboxylic acids is 1. The standard InChI is InChI=1S/C25H28N2O7/c1-4-33-22(29)20(21(28)26-14-25(2,3)23(30)31)27-24(32)34-13-19-17-11-7-5-9-15(17)16-10-6-8-12-18(16)19/h5-12,19-20H,4,13-14H2,1-3H3,(H,26,28)(H,27,32)(H,30,31). The lowest BCUT2D eigenvalue weighted by Gasteiger charge is -2.22. The maximum absolute atomic E-state index is 12.6. The normalized spacial score (nSPS) is 13.3. The molecule has 0 saturated carbocycles. The summed E-state index contributed by atoms with van der Waals surface area (Å²) in [7, 11) is 0. The fraction of sp³-hybridized carbons (Fsp3) is 0.360. The van der Waals surface area contributed by atoms with E-state index in [1.807, 2.05) is 48.5 Å². The summed E-state index contributed by atoms with van der Waals surface area (Å²) < 4.78 is 10.3. The van der Waals surface area contributed by atoms with Crippen molar-refractivity contribution in [2.24, 2.45) is 5.41 Å². The molecule has 3 rings (SSSR count). The van der Waals surface area contributed by atoms with Gasteiger partial charge >= 0.3 is 18.0 Å². The van der Waals surface area contributed by atoms with Crippen molar-refractivity contribution in [1.29, 1.82) is 0 Å². The van der Waals surface area contributed by atoms with Crippen LogP contribution in [0.1, 0.15) is 37.8 Å². The highest BCUT2D eigenvalue weighted by molar-refractivity contribution is 6.04. The summed E-state index contributed by atoms with van der Waals surface area (Å²) in [5, 5.41) is 13.8. The van der Waals surface area contributed by atoms with Gasteiger partial charge < -0.3 is 19.9 Å². The van der Waals surface area contributed by atoms with Gasteiger partial charge in [-0.1, -0.05) is 48.5 Å². The van der Waals surface area contributed by atoms with E-state index in [1.54, 1.807) is 6.92 Å². The number of carbonyl (C=O) groups is 4. The number of hydrogen-bond acceptors (Lipinski definition) is 6. The fourth-order valence-corrected chi connectivity index (χ4v) is 3.70. The third-order valence-electron chi connectivity index (χ3n) is 5.67. The molecule has 1 aliphatic carbocycles. The Labute approximate surface area is 197 Å². The molecule has 0 aliphatic heterocycles. The average Bonchev–Trinajstić information content (AvgIpc) is 3.13.